The van der Waals surface area contributed by atoms with Crippen molar-refractivity contribution in [2.75, 3.05) is 0 Å². The van der Waals surface area contributed by atoms with E-state index in [9.17, 15) is 18.0 Å². The second kappa shape index (κ2) is 8.96. The number of halogens is 3. The zero-order valence-electron chi connectivity index (χ0n) is 8.80. The monoisotopic (exact) mass is 244 g/mol. The van der Waals surface area contributed by atoms with Crippen LogP contribution in [0, 0.1) is 0 Å². The number of nitrogens with one attached hydrogen (secondary N) is 1. The van der Waals surface area contributed by atoms with Crippen LogP contribution in [-0.2, 0) is 9.59 Å². The summed E-state index contributed by atoms with van der Waals surface area (Å²) in [5.74, 6) is 2.03. The summed E-state index contributed by atoms with van der Waals surface area (Å²) in [4.78, 5) is 19.3. The lowest BCUT2D eigenvalue weighted by atomic mass is 10.2. The van der Waals surface area contributed by atoms with Crippen molar-refractivity contribution in [1.82, 2.24) is 5.43 Å². The van der Waals surface area contributed by atoms with Gasteiger partial charge in [-0.1, -0.05) is 19.8 Å². The third-order valence-corrected chi connectivity index (χ3v) is 1.41. The predicted molar refractivity (Wildman–Crippen MR) is 50.2 cm³/mol. The predicted octanol–water partition coefficient (Wildman–Crippen LogP) is 1.19. The molecule has 5 nitrogen and oxygen atoms in total. The van der Waals surface area contributed by atoms with Gasteiger partial charge in [-0.2, -0.15) is 13.2 Å². The number of hydrazine groups is 1. The maximum absolute atomic E-state index is 10.6. The molecule has 8 heteroatoms. The van der Waals surface area contributed by atoms with Crippen molar-refractivity contribution in [2.45, 2.75) is 38.8 Å². The quantitative estimate of drug-likeness (QED) is 0.300. The molecule has 0 rings (SSSR count). The van der Waals surface area contributed by atoms with Crippen molar-refractivity contribution in [3.05, 3.63) is 0 Å². The topological polar surface area (TPSA) is 92.4 Å². The van der Waals surface area contributed by atoms with Gasteiger partial charge >= 0.3 is 12.1 Å². The molecule has 0 saturated carbocycles. The van der Waals surface area contributed by atoms with E-state index in [0.717, 1.165) is 19.3 Å². The number of aliphatic carboxylic acids is 1. The van der Waals surface area contributed by atoms with Gasteiger partial charge in [0.1, 0.15) is 0 Å². The first-order valence-electron chi connectivity index (χ1n) is 4.55. The number of amides is 1. The summed E-state index contributed by atoms with van der Waals surface area (Å²) < 4.78 is 31.7. The maximum Gasteiger partial charge on any atom is 0.490 e. The molecule has 0 radical (unpaired) electrons. The zero-order chi connectivity index (χ0) is 13.2. The molecule has 0 spiro atoms. The number of carboxylic acid groups (broad SMARTS) is 1. The second-order valence-electron chi connectivity index (χ2n) is 2.83. The van der Waals surface area contributed by atoms with E-state index >= 15 is 0 Å². The molecule has 96 valence electrons. The molecule has 0 bridgehead atoms. The fourth-order valence-corrected chi connectivity index (χ4v) is 0.608. The Morgan fingerprint density at radius 3 is 2.00 bits per heavy atom. The van der Waals surface area contributed by atoms with Gasteiger partial charge in [0.2, 0.25) is 5.91 Å². The molecule has 0 aliphatic carbocycles. The number of carboxylic acids is 1. The normalized spacial score (nSPS) is 10.1. The van der Waals surface area contributed by atoms with Crippen LogP contribution < -0.4 is 11.3 Å². The summed E-state index contributed by atoms with van der Waals surface area (Å²) in [5, 5.41) is 7.12. The van der Waals surface area contributed by atoms with Crippen molar-refractivity contribution in [3.63, 3.8) is 0 Å². The minimum atomic E-state index is -5.08. The minimum absolute atomic E-state index is 0.0662. The van der Waals surface area contributed by atoms with Crippen molar-refractivity contribution in [1.29, 1.82) is 0 Å². The van der Waals surface area contributed by atoms with E-state index in [1.807, 2.05) is 0 Å². The molecule has 1 amide bonds. The fraction of sp³-hybridized carbons (Fsp3) is 0.750. The van der Waals surface area contributed by atoms with E-state index in [1.165, 1.54) is 0 Å². The molecular formula is C8H15F3N2O3. The van der Waals surface area contributed by atoms with Crippen LogP contribution in [0.1, 0.15) is 32.6 Å². The number of rotatable bonds is 4. The smallest absolute Gasteiger partial charge is 0.475 e. The van der Waals surface area contributed by atoms with Gasteiger partial charge in [0.25, 0.3) is 0 Å². The average molecular weight is 244 g/mol. The van der Waals surface area contributed by atoms with Gasteiger partial charge in [-0.25, -0.2) is 10.6 Å². The van der Waals surface area contributed by atoms with Crippen LogP contribution in [0.3, 0.4) is 0 Å². The van der Waals surface area contributed by atoms with Crippen molar-refractivity contribution < 1.29 is 27.9 Å². The zero-order valence-corrected chi connectivity index (χ0v) is 8.80. The van der Waals surface area contributed by atoms with Gasteiger partial charge in [0, 0.05) is 6.42 Å². The van der Waals surface area contributed by atoms with Crippen LogP contribution in [0.25, 0.3) is 0 Å². The second-order valence-corrected chi connectivity index (χ2v) is 2.83. The number of hydrogen-bond acceptors (Lipinski definition) is 3. The maximum atomic E-state index is 10.6. The number of carbonyl (C=O) groups is 2. The van der Waals surface area contributed by atoms with Gasteiger partial charge in [-0.05, 0) is 6.42 Å². The molecule has 0 atom stereocenters. The molecule has 0 heterocycles. The number of unbranched alkanes of at least 4 members (excludes halogenated alkanes) is 2. The van der Waals surface area contributed by atoms with Gasteiger partial charge in [-0.3, -0.25) is 10.2 Å². The highest BCUT2D eigenvalue weighted by atomic mass is 19.4. The number of hydrogen-bond donors (Lipinski definition) is 3. The summed E-state index contributed by atoms with van der Waals surface area (Å²) in [6.07, 6.45) is -1.34. The van der Waals surface area contributed by atoms with E-state index < -0.39 is 12.1 Å². The van der Waals surface area contributed by atoms with Crippen LogP contribution in [0.5, 0.6) is 0 Å². The molecule has 4 N–H and O–H groups in total. The Kier molecular flexibility index (Phi) is 9.57. The Bertz CT molecular complexity index is 219. The first kappa shape index (κ1) is 17.1. The first-order chi connectivity index (χ1) is 7.25. The van der Waals surface area contributed by atoms with Crippen LogP contribution in [0.15, 0.2) is 0 Å². The summed E-state index contributed by atoms with van der Waals surface area (Å²) >= 11 is 0. The van der Waals surface area contributed by atoms with Gasteiger partial charge in [0.05, 0.1) is 0 Å². The van der Waals surface area contributed by atoms with Crippen LogP contribution in [0.2, 0.25) is 0 Å². The highest BCUT2D eigenvalue weighted by Gasteiger charge is 2.38. The summed E-state index contributed by atoms with van der Waals surface area (Å²) in [5.41, 5.74) is 2.08. The lowest BCUT2D eigenvalue weighted by Gasteiger charge is -1.95. The molecule has 0 saturated heterocycles. The molecule has 0 aromatic carbocycles. The van der Waals surface area contributed by atoms with E-state index in [-0.39, 0.29) is 5.91 Å². The lowest BCUT2D eigenvalue weighted by molar-refractivity contribution is -0.192. The summed E-state index contributed by atoms with van der Waals surface area (Å²) in [7, 11) is 0. The highest BCUT2D eigenvalue weighted by molar-refractivity contribution is 5.75. The van der Waals surface area contributed by atoms with Crippen molar-refractivity contribution >= 4 is 11.9 Å². The third kappa shape index (κ3) is 12.7. The molecule has 0 aromatic heterocycles. The summed E-state index contributed by atoms with van der Waals surface area (Å²) in [6, 6.07) is 0. The fourth-order valence-electron chi connectivity index (χ4n) is 0.608. The molecular weight excluding hydrogens is 229 g/mol. The molecule has 0 aliphatic heterocycles. The van der Waals surface area contributed by atoms with Crippen molar-refractivity contribution in [3.8, 4) is 0 Å². The number of nitrogens with two attached hydrogens (primary N) is 1. The largest absolute Gasteiger partial charge is 0.490 e. The van der Waals surface area contributed by atoms with Crippen molar-refractivity contribution in [2.24, 2.45) is 5.84 Å². The first-order valence-corrected chi connectivity index (χ1v) is 4.55. The Labute approximate surface area is 90.8 Å². The van der Waals surface area contributed by atoms with E-state index in [1.54, 1.807) is 0 Å². The Hall–Kier alpha value is -1.31. The molecule has 0 unspecified atom stereocenters. The van der Waals surface area contributed by atoms with Crippen LogP contribution >= 0.6 is 0 Å². The average Bonchev–Trinajstić information content (AvgIpc) is 2.17. The third-order valence-electron chi connectivity index (χ3n) is 1.41. The van der Waals surface area contributed by atoms with Gasteiger partial charge < -0.3 is 5.11 Å². The minimum Gasteiger partial charge on any atom is -0.475 e. The molecule has 0 fully saturated rings. The number of alkyl halides is 3. The summed E-state index contributed by atoms with van der Waals surface area (Å²) in [6.45, 7) is 2.10. The van der Waals surface area contributed by atoms with Crippen LogP contribution in [0.4, 0.5) is 13.2 Å². The van der Waals surface area contributed by atoms with Crippen LogP contribution in [-0.4, -0.2) is 23.2 Å². The van der Waals surface area contributed by atoms with E-state index in [0.29, 0.717) is 6.42 Å². The molecule has 0 aliphatic rings. The standard InChI is InChI=1S/C6H14N2O.C2HF3O2/c1-2-3-4-5-6(9)8-7;3-2(4,5)1(6)7/h2-5,7H2,1H3,(H,8,9);(H,6,7). The molecule has 16 heavy (non-hydrogen) atoms. The number of carbonyl (C=O) groups excluding carboxylic acids is 1. The van der Waals surface area contributed by atoms with Gasteiger partial charge in [-0.15, -0.1) is 0 Å². The van der Waals surface area contributed by atoms with Gasteiger partial charge in [0.15, 0.2) is 0 Å². The van der Waals surface area contributed by atoms with E-state index in [4.69, 9.17) is 15.7 Å². The Balaban J connectivity index is 0. The van der Waals surface area contributed by atoms with E-state index in [2.05, 4.69) is 12.3 Å². The SMILES string of the molecule is CCCCCC(=O)NN.O=C(O)C(F)(F)F. The Morgan fingerprint density at radius 1 is 1.31 bits per heavy atom. The Morgan fingerprint density at radius 2 is 1.75 bits per heavy atom. The highest BCUT2D eigenvalue weighted by Crippen LogP contribution is 2.13. The molecule has 0 aromatic rings. The lowest BCUT2D eigenvalue weighted by Crippen LogP contribution is -2.29.